The first-order valence-corrected chi connectivity index (χ1v) is 5.05. The van der Waals surface area contributed by atoms with Gasteiger partial charge in [-0.1, -0.05) is 15.9 Å². The number of hydrogen-bond acceptors (Lipinski definition) is 3. The van der Waals surface area contributed by atoms with Crippen molar-refractivity contribution in [3.05, 3.63) is 34.5 Å². The summed E-state index contributed by atoms with van der Waals surface area (Å²) in [7, 11) is 0. The molecule has 3 nitrogen and oxygen atoms in total. The third kappa shape index (κ3) is 1.56. The van der Waals surface area contributed by atoms with Gasteiger partial charge in [-0.15, -0.1) is 0 Å². The van der Waals surface area contributed by atoms with Gasteiger partial charge in [0.2, 0.25) is 0 Å². The third-order valence-corrected chi connectivity index (χ3v) is 2.65. The van der Waals surface area contributed by atoms with E-state index in [1.165, 1.54) is 0 Å². The lowest BCUT2D eigenvalue weighted by Gasteiger charge is -2.04. The Morgan fingerprint density at radius 2 is 2.29 bits per heavy atom. The van der Waals surface area contributed by atoms with E-state index in [0.29, 0.717) is 0 Å². The van der Waals surface area contributed by atoms with Gasteiger partial charge in [-0.3, -0.25) is 0 Å². The van der Waals surface area contributed by atoms with Crippen LogP contribution in [0.1, 0.15) is 11.6 Å². The van der Waals surface area contributed by atoms with E-state index in [1.54, 1.807) is 6.26 Å². The molecule has 4 heteroatoms. The number of fused-ring (bicyclic) bond motifs is 1. The molecule has 0 aliphatic heterocycles. The molecule has 2 aromatic rings. The summed E-state index contributed by atoms with van der Waals surface area (Å²) in [5, 5.41) is 9.90. The highest BCUT2D eigenvalue weighted by Gasteiger charge is 2.12. The molecule has 0 fully saturated rings. The van der Waals surface area contributed by atoms with E-state index < -0.39 is 0 Å². The lowest BCUT2D eigenvalue weighted by molar-refractivity contribution is 0.268. The van der Waals surface area contributed by atoms with Crippen molar-refractivity contribution >= 4 is 26.9 Å². The Kier molecular flexibility index (Phi) is 2.58. The van der Waals surface area contributed by atoms with Crippen LogP contribution in [0.25, 0.3) is 11.0 Å². The van der Waals surface area contributed by atoms with Crippen molar-refractivity contribution in [3.63, 3.8) is 0 Å². The number of aliphatic hydroxyl groups excluding tert-OH is 1. The van der Waals surface area contributed by atoms with Crippen LogP contribution < -0.4 is 5.73 Å². The normalized spacial score (nSPS) is 13.4. The van der Waals surface area contributed by atoms with Gasteiger partial charge in [-0.2, -0.15) is 0 Å². The molecule has 1 aromatic carbocycles. The van der Waals surface area contributed by atoms with Gasteiger partial charge in [0.15, 0.2) is 0 Å². The summed E-state index contributed by atoms with van der Waals surface area (Å²) in [5.41, 5.74) is 7.35. The Hall–Kier alpha value is -0.840. The highest BCUT2D eigenvalue weighted by atomic mass is 79.9. The van der Waals surface area contributed by atoms with Crippen LogP contribution in [0.4, 0.5) is 0 Å². The number of nitrogens with two attached hydrogens (primary N) is 1. The fourth-order valence-electron chi connectivity index (χ4n) is 1.41. The molecule has 0 spiro atoms. The summed E-state index contributed by atoms with van der Waals surface area (Å²) >= 11 is 3.38. The molecule has 14 heavy (non-hydrogen) atoms. The van der Waals surface area contributed by atoms with Gasteiger partial charge in [0.1, 0.15) is 5.58 Å². The molecule has 74 valence electrons. The average molecular weight is 256 g/mol. The Morgan fingerprint density at radius 1 is 1.50 bits per heavy atom. The number of aliphatic hydroxyl groups is 1. The first kappa shape index (κ1) is 9.71. The summed E-state index contributed by atoms with van der Waals surface area (Å²) in [6.07, 6.45) is 1.60. The molecule has 0 saturated heterocycles. The van der Waals surface area contributed by atoms with Gasteiger partial charge in [0.05, 0.1) is 18.9 Å². The number of rotatable bonds is 2. The summed E-state index contributed by atoms with van der Waals surface area (Å²) in [4.78, 5) is 0. The number of furan rings is 1. The highest BCUT2D eigenvalue weighted by Crippen LogP contribution is 2.27. The van der Waals surface area contributed by atoms with Gasteiger partial charge >= 0.3 is 0 Å². The highest BCUT2D eigenvalue weighted by molar-refractivity contribution is 9.10. The van der Waals surface area contributed by atoms with Gasteiger partial charge in [-0.05, 0) is 18.2 Å². The molecular weight excluding hydrogens is 246 g/mol. The summed E-state index contributed by atoms with van der Waals surface area (Å²) in [5.74, 6) is 0. The molecule has 0 saturated carbocycles. The smallest absolute Gasteiger partial charge is 0.134 e. The number of hydrogen-bond donors (Lipinski definition) is 2. The van der Waals surface area contributed by atoms with Crippen LogP contribution in [0.15, 0.2) is 33.4 Å². The molecule has 0 radical (unpaired) electrons. The van der Waals surface area contributed by atoms with Gasteiger partial charge < -0.3 is 15.3 Å². The lowest BCUT2D eigenvalue weighted by atomic mass is 10.1. The minimum atomic E-state index is -0.384. The maximum Gasteiger partial charge on any atom is 0.134 e. The molecule has 0 amide bonds. The van der Waals surface area contributed by atoms with Crippen LogP contribution in [0.3, 0.4) is 0 Å². The molecule has 1 atom stereocenters. The van der Waals surface area contributed by atoms with Gasteiger partial charge in [0, 0.05) is 15.4 Å². The van der Waals surface area contributed by atoms with Crippen LogP contribution in [0.2, 0.25) is 0 Å². The zero-order valence-electron chi connectivity index (χ0n) is 7.40. The standard InChI is InChI=1S/C10H10BrNO2/c11-6-1-2-10-7(3-6)8(5-14-10)9(12)4-13/h1-3,5,9,13H,4,12H2. The topological polar surface area (TPSA) is 59.4 Å². The van der Waals surface area contributed by atoms with E-state index in [1.807, 2.05) is 18.2 Å². The molecule has 2 rings (SSSR count). The minimum Gasteiger partial charge on any atom is -0.464 e. The summed E-state index contributed by atoms with van der Waals surface area (Å²) in [6, 6.07) is 5.32. The molecule has 1 aromatic heterocycles. The van der Waals surface area contributed by atoms with E-state index in [-0.39, 0.29) is 12.6 Å². The number of halogens is 1. The summed E-state index contributed by atoms with van der Waals surface area (Å²) < 4.78 is 6.29. The molecule has 1 heterocycles. The summed E-state index contributed by atoms with van der Waals surface area (Å²) in [6.45, 7) is -0.0822. The second kappa shape index (κ2) is 3.73. The molecular formula is C10H10BrNO2. The van der Waals surface area contributed by atoms with Crippen LogP contribution in [-0.4, -0.2) is 11.7 Å². The average Bonchev–Trinajstić information content (AvgIpc) is 2.59. The van der Waals surface area contributed by atoms with E-state index in [2.05, 4.69) is 15.9 Å². The Morgan fingerprint density at radius 3 is 3.00 bits per heavy atom. The molecule has 0 aliphatic carbocycles. The molecule has 3 N–H and O–H groups in total. The van der Waals surface area contributed by atoms with Crippen molar-refractivity contribution < 1.29 is 9.52 Å². The SMILES string of the molecule is NC(CO)c1coc2ccc(Br)cc12. The fraction of sp³-hybridized carbons (Fsp3) is 0.200. The maximum absolute atomic E-state index is 8.96. The predicted octanol–water partition coefficient (Wildman–Crippen LogP) is 2.19. The minimum absolute atomic E-state index is 0.0822. The fourth-order valence-corrected chi connectivity index (χ4v) is 1.77. The predicted molar refractivity (Wildman–Crippen MR) is 57.9 cm³/mol. The largest absolute Gasteiger partial charge is 0.464 e. The van der Waals surface area contributed by atoms with Crippen molar-refractivity contribution in [2.45, 2.75) is 6.04 Å². The van der Waals surface area contributed by atoms with Gasteiger partial charge in [-0.25, -0.2) is 0 Å². The van der Waals surface area contributed by atoms with Crippen molar-refractivity contribution in [2.75, 3.05) is 6.61 Å². The van der Waals surface area contributed by atoms with Crippen LogP contribution in [-0.2, 0) is 0 Å². The quantitative estimate of drug-likeness (QED) is 0.865. The van der Waals surface area contributed by atoms with Crippen LogP contribution in [0.5, 0.6) is 0 Å². The second-order valence-electron chi connectivity index (χ2n) is 3.12. The Bertz CT molecular complexity index is 452. The van der Waals surface area contributed by atoms with Crippen molar-refractivity contribution in [1.29, 1.82) is 0 Å². The van der Waals surface area contributed by atoms with Gasteiger partial charge in [0.25, 0.3) is 0 Å². The molecule has 1 unspecified atom stereocenters. The number of benzene rings is 1. The van der Waals surface area contributed by atoms with Crippen molar-refractivity contribution in [3.8, 4) is 0 Å². The Balaban J connectivity index is 2.61. The molecule has 0 bridgehead atoms. The monoisotopic (exact) mass is 255 g/mol. The first-order valence-electron chi connectivity index (χ1n) is 4.25. The zero-order valence-corrected chi connectivity index (χ0v) is 8.99. The molecule has 0 aliphatic rings. The van der Waals surface area contributed by atoms with E-state index >= 15 is 0 Å². The first-order chi connectivity index (χ1) is 6.72. The van der Waals surface area contributed by atoms with Crippen molar-refractivity contribution in [2.24, 2.45) is 5.73 Å². The second-order valence-corrected chi connectivity index (χ2v) is 4.04. The van der Waals surface area contributed by atoms with E-state index in [0.717, 1.165) is 21.0 Å². The lowest BCUT2D eigenvalue weighted by Crippen LogP contribution is -2.13. The van der Waals surface area contributed by atoms with Crippen molar-refractivity contribution in [1.82, 2.24) is 0 Å². The zero-order chi connectivity index (χ0) is 10.1. The van der Waals surface area contributed by atoms with E-state index in [4.69, 9.17) is 15.3 Å². The maximum atomic E-state index is 8.96. The Labute approximate surface area is 89.6 Å². The van der Waals surface area contributed by atoms with Crippen LogP contribution in [0, 0.1) is 0 Å². The van der Waals surface area contributed by atoms with E-state index in [9.17, 15) is 0 Å². The van der Waals surface area contributed by atoms with Crippen LogP contribution >= 0.6 is 15.9 Å². The third-order valence-electron chi connectivity index (χ3n) is 2.16.